The first-order valence-corrected chi connectivity index (χ1v) is 13.2. The molecule has 2 saturated heterocycles. The number of ether oxygens (including phenoxy) is 2. The molecule has 0 saturated carbocycles. The number of hydrogen-bond acceptors (Lipinski definition) is 5. The summed E-state index contributed by atoms with van der Waals surface area (Å²) in [6.07, 6.45) is 0.811. The molecule has 0 radical (unpaired) electrons. The molecule has 3 aromatic rings. The number of methoxy groups -OCH3 is 1. The number of piperidine rings is 1. The van der Waals surface area contributed by atoms with E-state index in [-0.39, 0.29) is 24.3 Å². The molecule has 202 valence electrons. The highest BCUT2D eigenvalue weighted by atomic mass is 16.5. The molecule has 5 rings (SSSR count). The molecule has 2 aliphatic rings. The van der Waals surface area contributed by atoms with Gasteiger partial charge in [0, 0.05) is 43.6 Å². The fraction of sp³-hybridized carbons (Fsp3) is 0.323. The maximum absolute atomic E-state index is 13.9. The van der Waals surface area contributed by atoms with Crippen LogP contribution in [0, 0.1) is 6.92 Å². The quantitative estimate of drug-likeness (QED) is 0.527. The Hall–Kier alpha value is -4.17. The van der Waals surface area contributed by atoms with Gasteiger partial charge in [0.1, 0.15) is 17.5 Å². The number of benzene rings is 3. The molecule has 1 N–H and O–H groups in total. The maximum Gasteiger partial charge on any atom is 0.256 e. The van der Waals surface area contributed by atoms with Crippen molar-refractivity contribution >= 4 is 17.7 Å². The predicted molar refractivity (Wildman–Crippen MR) is 146 cm³/mol. The zero-order valence-electron chi connectivity index (χ0n) is 22.3. The van der Waals surface area contributed by atoms with E-state index >= 15 is 0 Å². The number of carbonyl (C=O) groups excluding carboxylic acids is 3. The number of nitrogens with one attached hydrogen (secondary N) is 1. The fourth-order valence-electron chi connectivity index (χ4n) is 5.30. The van der Waals surface area contributed by atoms with Crippen molar-refractivity contribution in [2.24, 2.45) is 0 Å². The van der Waals surface area contributed by atoms with Crippen molar-refractivity contribution in [2.75, 3.05) is 26.8 Å². The van der Waals surface area contributed by atoms with E-state index in [0.717, 1.165) is 11.1 Å². The van der Waals surface area contributed by atoms with Gasteiger partial charge in [-0.3, -0.25) is 19.3 Å². The van der Waals surface area contributed by atoms with Crippen molar-refractivity contribution in [2.45, 2.75) is 38.1 Å². The molecule has 39 heavy (non-hydrogen) atoms. The van der Waals surface area contributed by atoms with Crippen LogP contribution in [-0.4, -0.2) is 66.1 Å². The average Bonchev–Trinajstić information content (AvgIpc) is 3.35. The number of carbonyl (C=O) groups is 3. The van der Waals surface area contributed by atoms with Gasteiger partial charge in [-0.05, 0) is 42.8 Å². The van der Waals surface area contributed by atoms with Crippen LogP contribution in [0.4, 0.5) is 0 Å². The smallest absolute Gasteiger partial charge is 0.256 e. The number of rotatable bonds is 6. The minimum absolute atomic E-state index is 0.0993. The topological polar surface area (TPSA) is 88.2 Å². The molecule has 2 heterocycles. The summed E-state index contributed by atoms with van der Waals surface area (Å²) in [5, 5.41) is 2.98. The Bertz CT molecular complexity index is 1330. The molecule has 8 heteroatoms. The van der Waals surface area contributed by atoms with Crippen molar-refractivity contribution in [1.29, 1.82) is 0 Å². The van der Waals surface area contributed by atoms with E-state index < -0.39 is 11.8 Å². The fourth-order valence-corrected chi connectivity index (χ4v) is 5.30. The standard InChI is InChI=1S/C31H33N3O5/c1-22-11-13-24(14-12-22)30(37)34-27(28(35)32-20-23-7-4-3-5-8-23)21-39-31(34)15-17-33(18-16-31)29(36)25-9-6-10-26(19-25)38-2/h3-14,19,27H,15-18,20-21H2,1-2H3,(H,32,35)/t27-/m0/s1. The van der Waals surface area contributed by atoms with Crippen molar-refractivity contribution in [3.63, 3.8) is 0 Å². The summed E-state index contributed by atoms with van der Waals surface area (Å²) >= 11 is 0. The van der Waals surface area contributed by atoms with Crippen LogP contribution in [0.1, 0.15) is 44.7 Å². The van der Waals surface area contributed by atoms with E-state index in [0.29, 0.717) is 49.4 Å². The lowest BCUT2D eigenvalue weighted by atomic mass is 9.96. The summed E-state index contributed by atoms with van der Waals surface area (Å²) in [5.74, 6) is 0.00834. The highest BCUT2D eigenvalue weighted by Crippen LogP contribution is 2.39. The van der Waals surface area contributed by atoms with Gasteiger partial charge in [-0.1, -0.05) is 54.1 Å². The second-order valence-corrected chi connectivity index (χ2v) is 10.0. The van der Waals surface area contributed by atoms with Crippen LogP contribution in [0.25, 0.3) is 0 Å². The summed E-state index contributed by atoms with van der Waals surface area (Å²) in [6.45, 7) is 3.21. The second kappa shape index (κ2) is 11.3. The van der Waals surface area contributed by atoms with Gasteiger partial charge in [0.25, 0.3) is 11.8 Å². The van der Waals surface area contributed by atoms with Gasteiger partial charge in [-0.2, -0.15) is 0 Å². The highest BCUT2D eigenvalue weighted by Gasteiger charge is 2.54. The Morgan fingerprint density at radius 1 is 0.923 bits per heavy atom. The first-order chi connectivity index (χ1) is 18.9. The largest absolute Gasteiger partial charge is 0.497 e. The number of hydrogen-bond donors (Lipinski definition) is 1. The Labute approximate surface area is 228 Å². The van der Waals surface area contributed by atoms with Crippen LogP contribution in [-0.2, 0) is 16.1 Å². The first-order valence-electron chi connectivity index (χ1n) is 13.2. The van der Waals surface area contributed by atoms with Gasteiger partial charge < -0.3 is 19.7 Å². The molecular formula is C31H33N3O5. The number of aryl methyl sites for hydroxylation is 1. The molecule has 1 spiro atoms. The summed E-state index contributed by atoms with van der Waals surface area (Å²) in [5.41, 5.74) is 2.09. The lowest BCUT2D eigenvalue weighted by Crippen LogP contribution is -2.59. The summed E-state index contributed by atoms with van der Waals surface area (Å²) in [6, 6.07) is 23.3. The maximum atomic E-state index is 13.9. The SMILES string of the molecule is COc1cccc(C(=O)N2CCC3(CC2)OC[C@@H](C(=O)NCc2ccccc2)N3C(=O)c2ccc(C)cc2)c1. The first kappa shape index (κ1) is 26.4. The zero-order valence-corrected chi connectivity index (χ0v) is 22.3. The van der Waals surface area contributed by atoms with Gasteiger partial charge in [-0.25, -0.2) is 0 Å². The molecule has 3 amide bonds. The van der Waals surface area contributed by atoms with Crippen molar-refractivity contribution in [3.05, 3.63) is 101 Å². The monoisotopic (exact) mass is 527 g/mol. The molecule has 0 aromatic heterocycles. The summed E-state index contributed by atoms with van der Waals surface area (Å²) in [7, 11) is 1.57. The molecule has 0 aliphatic carbocycles. The lowest BCUT2D eigenvalue weighted by molar-refractivity contribution is -0.128. The zero-order chi connectivity index (χ0) is 27.4. The van der Waals surface area contributed by atoms with Gasteiger partial charge in [0.05, 0.1) is 13.7 Å². The third kappa shape index (κ3) is 5.52. The van der Waals surface area contributed by atoms with E-state index in [4.69, 9.17) is 9.47 Å². The van der Waals surface area contributed by atoms with E-state index in [1.54, 1.807) is 53.3 Å². The second-order valence-electron chi connectivity index (χ2n) is 10.0. The van der Waals surface area contributed by atoms with Crippen LogP contribution in [0.5, 0.6) is 5.75 Å². The van der Waals surface area contributed by atoms with Gasteiger partial charge in [0.2, 0.25) is 5.91 Å². The Balaban J connectivity index is 1.35. The molecule has 8 nitrogen and oxygen atoms in total. The van der Waals surface area contributed by atoms with E-state index in [1.165, 1.54) is 0 Å². The molecule has 3 aromatic carbocycles. The van der Waals surface area contributed by atoms with Crippen molar-refractivity contribution in [3.8, 4) is 5.75 Å². The average molecular weight is 528 g/mol. The van der Waals surface area contributed by atoms with Crippen molar-refractivity contribution in [1.82, 2.24) is 15.1 Å². The van der Waals surface area contributed by atoms with E-state index in [2.05, 4.69) is 5.32 Å². The molecule has 0 bridgehead atoms. The van der Waals surface area contributed by atoms with Gasteiger partial charge >= 0.3 is 0 Å². The predicted octanol–water partition coefficient (Wildman–Crippen LogP) is 3.79. The minimum Gasteiger partial charge on any atom is -0.497 e. The molecule has 2 aliphatic heterocycles. The Morgan fingerprint density at radius 2 is 1.64 bits per heavy atom. The third-order valence-corrected chi connectivity index (χ3v) is 7.54. The Morgan fingerprint density at radius 3 is 2.33 bits per heavy atom. The number of amides is 3. The Kier molecular flexibility index (Phi) is 7.65. The van der Waals surface area contributed by atoms with Crippen LogP contribution < -0.4 is 10.1 Å². The minimum atomic E-state index is -0.970. The van der Waals surface area contributed by atoms with E-state index in [1.807, 2.05) is 49.4 Å². The summed E-state index contributed by atoms with van der Waals surface area (Å²) < 4.78 is 11.6. The summed E-state index contributed by atoms with van der Waals surface area (Å²) in [4.78, 5) is 43.9. The lowest BCUT2D eigenvalue weighted by Gasteiger charge is -2.44. The van der Waals surface area contributed by atoms with Crippen molar-refractivity contribution < 1.29 is 23.9 Å². The third-order valence-electron chi connectivity index (χ3n) is 7.54. The molecule has 2 fully saturated rings. The van der Waals surface area contributed by atoms with Crippen LogP contribution >= 0.6 is 0 Å². The van der Waals surface area contributed by atoms with Crippen LogP contribution in [0.15, 0.2) is 78.9 Å². The van der Waals surface area contributed by atoms with Gasteiger partial charge in [-0.15, -0.1) is 0 Å². The highest BCUT2D eigenvalue weighted by molar-refractivity contribution is 5.98. The van der Waals surface area contributed by atoms with Crippen LogP contribution in [0.2, 0.25) is 0 Å². The van der Waals surface area contributed by atoms with Crippen LogP contribution in [0.3, 0.4) is 0 Å². The molecule has 0 unspecified atom stereocenters. The number of nitrogens with zero attached hydrogens (tertiary/aromatic N) is 2. The molecular weight excluding hydrogens is 494 g/mol. The molecule has 1 atom stereocenters. The normalized spacial score (nSPS) is 18.2. The number of likely N-dealkylation sites (tertiary alicyclic amines) is 1. The van der Waals surface area contributed by atoms with E-state index in [9.17, 15) is 14.4 Å². The van der Waals surface area contributed by atoms with Gasteiger partial charge in [0.15, 0.2) is 0 Å².